The summed E-state index contributed by atoms with van der Waals surface area (Å²) >= 11 is 0. The van der Waals surface area contributed by atoms with Gasteiger partial charge in [-0.05, 0) is 12.1 Å². The van der Waals surface area contributed by atoms with Crippen molar-refractivity contribution in [3.05, 3.63) is 35.9 Å². The number of carbonyl (C=O) groups is 1. The van der Waals surface area contributed by atoms with Crippen LogP contribution in [-0.4, -0.2) is 11.2 Å². The van der Waals surface area contributed by atoms with Gasteiger partial charge in [0.25, 0.3) is 0 Å². The van der Waals surface area contributed by atoms with Crippen LogP contribution in [0.3, 0.4) is 0 Å². The zero-order valence-electron chi connectivity index (χ0n) is 5.91. The Bertz CT molecular complexity index is 227. The third kappa shape index (κ3) is 4.28. The molecule has 1 aromatic carbocycles. The first-order valence-corrected chi connectivity index (χ1v) is 2.75. The molecule has 5 heteroatoms. The van der Waals surface area contributed by atoms with Gasteiger partial charge in [0.2, 0.25) is 0 Å². The Labute approximate surface area is 106 Å². The zero-order valence-corrected chi connectivity index (χ0v) is 7.44. The topological polar surface area (TPSA) is 46.5 Å². The summed E-state index contributed by atoms with van der Waals surface area (Å²) in [5.74, 6) is -0.736. The minimum absolute atomic E-state index is 0. The molecule has 0 saturated carbocycles. The number of rotatable bonds is 1. The average Bonchev–Trinajstić information content (AvgIpc) is 2.05. The minimum Gasteiger partial charge on any atom is -0.296 e. The third-order valence-corrected chi connectivity index (χ3v) is 1.09. The quantitative estimate of drug-likeness (QED) is 0.572. The van der Waals surface area contributed by atoms with E-state index in [4.69, 9.17) is 5.26 Å². The van der Waals surface area contributed by atoms with Crippen LogP contribution in [0, 0.1) is 37.7 Å². The van der Waals surface area contributed by atoms with Gasteiger partial charge in [-0.25, -0.2) is 4.79 Å². The van der Waals surface area contributed by atoms with Crippen molar-refractivity contribution in [2.24, 2.45) is 0 Å². The van der Waals surface area contributed by atoms with Gasteiger partial charge < -0.3 is 0 Å². The molecular formula is C7H7ArClO3. The van der Waals surface area contributed by atoms with E-state index in [0.717, 1.165) is 0 Å². The summed E-state index contributed by atoms with van der Waals surface area (Å²) in [6.45, 7) is 0. The number of halogens is 1. The number of benzene rings is 1. The first kappa shape index (κ1) is 14.7. The van der Waals surface area contributed by atoms with E-state index in [1.807, 2.05) is 0 Å². The molecule has 0 heterocycles. The van der Waals surface area contributed by atoms with Crippen molar-refractivity contribution >= 4 is 18.4 Å². The van der Waals surface area contributed by atoms with Gasteiger partial charge in [-0.15, -0.1) is 12.4 Å². The molecule has 0 aromatic heterocycles. The summed E-state index contributed by atoms with van der Waals surface area (Å²) in [5.41, 5.74) is 0.338. The summed E-state index contributed by atoms with van der Waals surface area (Å²) in [6.07, 6.45) is 0. The standard InChI is InChI=1S/C7H6O3.Ar.ClH/c8-7(10-9)6-4-2-1-3-5-6;;/h1-5,9H;;1H. The van der Waals surface area contributed by atoms with E-state index in [1.54, 1.807) is 30.3 Å². The second kappa shape index (κ2) is 7.83. The van der Waals surface area contributed by atoms with E-state index < -0.39 is 5.97 Å². The van der Waals surface area contributed by atoms with Crippen molar-refractivity contribution in [3.63, 3.8) is 0 Å². The summed E-state index contributed by atoms with van der Waals surface area (Å²) in [6, 6.07) is 8.25. The van der Waals surface area contributed by atoms with E-state index in [-0.39, 0.29) is 50.1 Å². The second-order valence-corrected chi connectivity index (χ2v) is 1.74. The molecule has 3 nitrogen and oxygen atoms in total. The fraction of sp³-hybridized carbons (Fsp3) is 0. The Hall–Kier alpha value is 0.200. The molecule has 0 saturated heterocycles. The molecule has 0 aliphatic heterocycles. The van der Waals surface area contributed by atoms with Gasteiger partial charge >= 0.3 is 5.97 Å². The maximum absolute atomic E-state index is 10.5. The number of hydrogen-bond acceptors (Lipinski definition) is 3. The van der Waals surface area contributed by atoms with Gasteiger partial charge in [-0.1, -0.05) is 18.2 Å². The maximum atomic E-state index is 10.5. The first-order valence-electron chi connectivity index (χ1n) is 2.75. The van der Waals surface area contributed by atoms with Crippen LogP contribution in [0.15, 0.2) is 30.3 Å². The molecule has 0 atom stereocenters. The molecule has 0 aliphatic carbocycles. The molecule has 0 fully saturated rings. The molecular weight excluding hydrogens is 207 g/mol. The first-order chi connectivity index (χ1) is 4.84. The monoisotopic (exact) mass is 214 g/mol. The van der Waals surface area contributed by atoms with Crippen molar-refractivity contribution < 1.29 is 52.7 Å². The van der Waals surface area contributed by atoms with E-state index in [2.05, 4.69) is 4.89 Å². The predicted molar refractivity (Wildman–Crippen MR) is 41.7 cm³/mol. The molecule has 0 amide bonds. The minimum atomic E-state index is -0.736. The Kier molecular flexibility index (Phi) is 9.60. The average molecular weight is 215 g/mol. The molecule has 0 aliphatic rings. The van der Waals surface area contributed by atoms with Gasteiger partial charge in [0, 0.05) is 37.7 Å². The molecule has 12 heavy (non-hydrogen) atoms. The smallest absolute Gasteiger partial charge is 0.296 e. The maximum Gasteiger partial charge on any atom is 0.372 e. The van der Waals surface area contributed by atoms with Crippen molar-refractivity contribution in [1.29, 1.82) is 0 Å². The van der Waals surface area contributed by atoms with Crippen molar-refractivity contribution in [2.45, 2.75) is 0 Å². The number of hydrogen-bond donors (Lipinski definition) is 1. The predicted octanol–water partition coefficient (Wildman–Crippen LogP) is 1.74. The zero-order chi connectivity index (χ0) is 7.40. The molecule has 0 radical (unpaired) electrons. The Morgan fingerprint density at radius 1 is 1.25 bits per heavy atom. The van der Waals surface area contributed by atoms with Crippen LogP contribution >= 0.6 is 12.4 Å². The molecule has 68 valence electrons. The van der Waals surface area contributed by atoms with Gasteiger partial charge in [0.05, 0.1) is 5.56 Å². The van der Waals surface area contributed by atoms with Crippen molar-refractivity contribution in [2.75, 3.05) is 0 Å². The van der Waals surface area contributed by atoms with E-state index in [0.29, 0.717) is 5.56 Å². The van der Waals surface area contributed by atoms with Gasteiger partial charge in [0.15, 0.2) is 0 Å². The summed E-state index contributed by atoms with van der Waals surface area (Å²) < 4.78 is 0. The number of carbonyl (C=O) groups excluding carboxylic acids is 1. The normalized spacial score (nSPS) is 7.42. The summed E-state index contributed by atoms with van der Waals surface area (Å²) in [7, 11) is 0. The third-order valence-electron chi connectivity index (χ3n) is 1.09. The molecule has 0 bridgehead atoms. The summed E-state index contributed by atoms with van der Waals surface area (Å²) in [4.78, 5) is 14.0. The van der Waals surface area contributed by atoms with Crippen LogP contribution in [0.25, 0.3) is 0 Å². The van der Waals surface area contributed by atoms with Gasteiger partial charge in [-0.2, -0.15) is 5.26 Å². The molecule has 1 aromatic rings. The fourth-order valence-electron chi connectivity index (χ4n) is 0.627. The Morgan fingerprint density at radius 3 is 2.17 bits per heavy atom. The largest absolute Gasteiger partial charge is 0.372 e. The van der Waals surface area contributed by atoms with E-state index in [9.17, 15) is 4.79 Å². The van der Waals surface area contributed by atoms with E-state index in [1.165, 1.54) is 0 Å². The SMILES string of the molecule is Cl.O=C(OO)c1ccccc1.[Ar]. The molecule has 1 rings (SSSR count). The fourth-order valence-corrected chi connectivity index (χ4v) is 0.627. The second-order valence-electron chi connectivity index (χ2n) is 1.74. The molecule has 0 unspecified atom stereocenters. The van der Waals surface area contributed by atoms with Crippen LogP contribution in [0.1, 0.15) is 10.4 Å². The van der Waals surface area contributed by atoms with Gasteiger partial charge in [-0.3, -0.25) is 4.89 Å². The van der Waals surface area contributed by atoms with Crippen LogP contribution in [0.5, 0.6) is 0 Å². The van der Waals surface area contributed by atoms with E-state index >= 15 is 0 Å². The van der Waals surface area contributed by atoms with Gasteiger partial charge in [0.1, 0.15) is 0 Å². The molecule has 0 spiro atoms. The van der Waals surface area contributed by atoms with Crippen LogP contribution in [0.4, 0.5) is 0 Å². The van der Waals surface area contributed by atoms with Crippen molar-refractivity contribution in [1.82, 2.24) is 0 Å². The van der Waals surface area contributed by atoms with Crippen LogP contribution in [0.2, 0.25) is 0 Å². The van der Waals surface area contributed by atoms with Crippen LogP contribution < -0.4 is 0 Å². The Balaban J connectivity index is 0. The summed E-state index contributed by atoms with van der Waals surface area (Å²) in [5, 5.41) is 7.94. The van der Waals surface area contributed by atoms with Crippen LogP contribution in [-0.2, 0) is 4.89 Å². The van der Waals surface area contributed by atoms with Crippen molar-refractivity contribution in [3.8, 4) is 0 Å². The Morgan fingerprint density at radius 2 is 1.75 bits per heavy atom. The molecule has 1 N–H and O–H groups in total.